The maximum Gasteiger partial charge on any atom is 0.172 e. The summed E-state index contributed by atoms with van der Waals surface area (Å²) in [6.45, 7) is 1.94. The van der Waals surface area contributed by atoms with Crippen molar-refractivity contribution in [2.24, 2.45) is 0 Å². The molecule has 148 valence electrons. The van der Waals surface area contributed by atoms with Crippen LogP contribution >= 0.6 is 15.9 Å². The Hall–Kier alpha value is -2.12. The fourth-order valence-corrected chi connectivity index (χ4v) is 4.31. The van der Waals surface area contributed by atoms with Gasteiger partial charge < -0.3 is 15.3 Å². The van der Waals surface area contributed by atoms with E-state index in [1.807, 2.05) is 24.3 Å². The number of phenolic OH excluding ortho intramolecular Hbond substituents is 1. The Morgan fingerprint density at radius 2 is 2.07 bits per heavy atom. The molecule has 2 heterocycles. The molecule has 0 saturated heterocycles. The zero-order chi connectivity index (χ0) is 19.5. The minimum absolute atomic E-state index is 0.221. The molecule has 1 saturated carbocycles. The van der Waals surface area contributed by atoms with E-state index in [9.17, 15) is 5.11 Å². The molecule has 28 heavy (non-hydrogen) atoms. The van der Waals surface area contributed by atoms with E-state index in [4.69, 9.17) is 0 Å². The lowest BCUT2D eigenvalue weighted by molar-refractivity contribution is 0.245. The molecule has 2 N–H and O–H groups in total. The number of aromatic nitrogens is 3. The molecule has 0 spiro atoms. The lowest BCUT2D eigenvalue weighted by Gasteiger charge is -2.24. The molecule has 0 unspecified atom stereocenters. The Bertz CT molecular complexity index is 951. The van der Waals surface area contributed by atoms with Crippen molar-refractivity contribution in [2.75, 3.05) is 25.5 Å². The van der Waals surface area contributed by atoms with Crippen molar-refractivity contribution in [3.63, 3.8) is 0 Å². The van der Waals surface area contributed by atoms with Gasteiger partial charge in [-0.05, 0) is 60.9 Å². The predicted octanol–water partition coefficient (Wildman–Crippen LogP) is 4.54. The second-order valence-electron chi connectivity index (χ2n) is 7.47. The van der Waals surface area contributed by atoms with Crippen LogP contribution in [0.2, 0.25) is 0 Å². The molecule has 0 bridgehead atoms. The average Bonchev–Trinajstić information content (AvgIpc) is 3.36. The zero-order valence-corrected chi connectivity index (χ0v) is 17.7. The molecule has 4 rings (SSSR count). The highest BCUT2D eigenvalue weighted by molar-refractivity contribution is 9.10. The van der Waals surface area contributed by atoms with Crippen molar-refractivity contribution in [2.45, 2.75) is 38.1 Å². The van der Waals surface area contributed by atoms with Crippen LogP contribution in [0.1, 0.15) is 32.1 Å². The van der Waals surface area contributed by atoms with Crippen LogP contribution in [0, 0.1) is 0 Å². The largest absolute Gasteiger partial charge is 0.507 e. The molecule has 0 amide bonds. The molecule has 1 aliphatic carbocycles. The van der Waals surface area contributed by atoms with Crippen LogP contribution in [0.15, 0.2) is 41.0 Å². The van der Waals surface area contributed by atoms with Gasteiger partial charge in [0.15, 0.2) is 5.65 Å². The summed E-state index contributed by atoms with van der Waals surface area (Å²) >= 11 is 3.52. The van der Waals surface area contributed by atoms with E-state index in [1.165, 1.54) is 25.7 Å². The zero-order valence-electron chi connectivity index (χ0n) is 16.1. The summed E-state index contributed by atoms with van der Waals surface area (Å²) < 4.78 is 2.63. The number of nitrogens with zero attached hydrogens (tertiary/aromatic N) is 4. The third-order valence-corrected chi connectivity index (χ3v) is 6.11. The van der Waals surface area contributed by atoms with Gasteiger partial charge in [-0.1, -0.05) is 25.0 Å². The number of benzene rings is 1. The number of aromatic hydroxyl groups is 1. The molecule has 6 nitrogen and oxygen atoms in total. The highest BCUT2D eigenvalue weighted by atomic mass is 79.9. The van der Waals surface area contributed by atoms with Gasteiger partial charge in [-0.3, -0.25) is 0 Å². The first kappa shape index (κ1) is 19.2. The van der Waals surface area contributed by atoms with Gasteiger partial charge in [0.2, 0.25) is 0 Å². The van der Waals surface area contributed by atoms with Gasteiger partial charge in [0.25, 0.3) is 0 Å². The van der Waals surface area contributed by atoms with Crippen LogP contribution in [-0.4, -0.2) is 50.8 Å². The van der Waals surface area contributed by atoms with Gasteiger partial charge in [-0.15, -0.1) is 0 Å². The van der Waals surface area contributed by atoms with Crippen LogP contribution in [0.3, 0.4) is 0 Å². The fraction of sp³-hybridized carbons (Fsp3) is 0.429. The minimum atomic E-state index is 0.221. The molecule has 0 atom stereocenters. The SMILES string of the molecule is CN(CCCNc1cc(-c2ccccc2O)nc2c(Br)cnn12)C1CCCC1. The number of hydrogen-bond donors (Lipinski definition) is 2. The minimum Gasteiger partial charge on any atom is -0.507 e. The van der Waals surface area contributed by atoms with E-state index in [0.29, 0.717) is 5.56 Å². The molecule has 2 aromatic heterocycles. The maximum absolute atomic E-state index is 10.2. The Morgan fingerprint density at radius 1 is 1.29 bits per heavy atom. The van der Waals surface area contributed by atoms with Crippen LogP contribution < -0.4 is 5.32 Å². The first-order chi connectivity index (χ1) is 13.6. The third-order valence-electron chi connectivity index (χ3n) is 5.55. The summed E-state index contributed by atoms with van der Waals surface area (Å²) in [7, 11) is 2.24. The molecular weight excluding hydrogens is 418 g/mol. The molecule has 1 aromatic carbocycles. The van der Waals surface area contributed by atoms with Crippen molar-refractivity contribution in [3.05, 3.63) is 41.0 Å². The van der Waals surface area contributed by atoms with Gasteiger partial charge in [0, 0.05) is 24.2 Å². The number of hydrogen-bond acceptors (Lipinski definition) is 5. The molecule has 0 radical (unpaired) electrons. The maximum atomic E-state index is 10.2. The van der Waals surface area contributed by atoms with Gasteiger partial charge in [-0.25, -0.2) is 4.98 Å². The quantitative estimate of drug-likeness (QED) is 0.524. The van der Waals surface area contributed by atoms with Crippen molar-refractivity contribution in [1.82, 2.24) is 19.5 Å². The number of para-hydroxylation sites is 1. The highest BCUT2D eigenvalue weighted by Gasteiger charge is 2.19. The van der Waals surface area contributed by atoms with Gasteiger partial charge >= 0.3 is 0 Å². The summed E-state index contributed by atoms with van der Waals surface area (Å²) in [5, 5.41) is 18.2. The fourth-order valence-electron chi connectivity index (χ4n) is 3.96. The Balaban J connectivity index is 1.50. The van der Waals surface area contributed by atoms with Crippen LogP contribution in [0.4, 0.5) is 5.82 Å². The van der Waals surface area contributed by atoms with E-state index in [-0.39, 0.29) is 5.75 Å². The van der Waals surface area contributed by atoms with E-state index >= 15 is 0 Å². The molecule has 1 fully saturated rings. The normalized spacial score (nSPS) is 15.0. The predicted molar refractivity (Wildman–Crippen MR) is 116 cm³/mol. The summed E-state index contributed by atoms with van der Waals surface area (Å²) in [6.07, 6.45) is 8.21. The van der Waals surface area contributed by atoms with Gasteiger partial charge in [0.05, 0.1) is 16.4 Å². The van der Waals surface area contributed by atoms with Crippen LogP contribution in [0.5, 0.6) is 5.75 Å². The number of fused-ring (bicyclic) bond motifs is 1. The van der Waals surface area contributed by atoms with E-state index < -0.39 is 0 Å². The van der Waals surface area contributed by atoms with Crippen LogP contribution in [-0.2, 0) is 0 Å². The first-order valence-electron chi connectivity index (χ1n) is 9.90. The molecule has 3 aromatic rings. The Labute approximate surface area is 173 Å². The first-order valence-corrected chi connectivity index (χ1v) is 10.7. The lowest BCUT2D eigenvalue weighted by Crippen LogP contribution is -2.31. The topological polar surface area (TPSA) is 65.7 Å². The second-order valence-corrected chi connectivity index (χ2v) is 8.33. The van der Waals surface area contributed by atoms with Crippen molar-refractivity contribution in [1.29, 1.82) is 0 Å². The monoisotopic (exact) mass is 443 g/mol. The number of phenols is 1. The summed E-state index contributed by atoms with van der Waals surface area (Å²) in [4.78, 5) is 7.18. The van der Waals surface area contributed by atoms with Crippen molar-refractivity contribution >= 4 is 27.4 Å². The number of rotatable bonds is 7. The smallest absolute Gasteiger partial charge is 0.172 e. The molecule has 0 aliphatic heterocycles. The molecule has 1 aliphatic rings. The van der Waals surface area contributed by atoms with E-state index in [1.54, 1.807) is 16.8 Å². The Kier molecular flexibility index (Phi) is 5.82. The highest BCUT2D eigenvalue weighted by Crippen LogP contribution is 2.31. The summed E-state index contributed by atoms with van der Waals surface area (Å²) in [5.41, 5.74) is 2.16. The van der Waals surface area contributed by atoms with Crippen molar-refractivity contribution < 1.29 is 5.11 Å². The van der Waals surface area contributed by atoms with Crippen LogP contribution in [0.25, 0.3) is 16.9 Å². The lowest BCUT2D eigenvalue weighted by atomic mass is 10.1. The standard InChI is InChI=1S/C21H26BrN5O/c1-26(15-7-2-3-8-15)12-6-11-23-20-13-18(16-9-4-5-10-19(16)28)25-21-17(22)14-24-27(20)21/h4-5,9-10,13-15,23,28H,2-3,6-8,11-12H2,1H3. The van der Waals surface area contributed by atoms with E-state index in [2.05, 4.69) is 43.3 Å². The number of anilines is 1. The average molecular weight is 444 g/mol. The third kappa shape index (κ3) is 4.00. The van der Waals surface area contributed by atoms with Gasteiger partial charge in [-0.2, -0.15) is 9.61 Å². The molecular formula is C21H26BrN5O. The number of halogens is 1. The van der Waals surface area contributed by atoms with Gasteiger partial charge in [0.1, 0.15) is 11.6 Å². The summed E-state index contributed by atoms with van der Waals surface area (Å²) in [5.74, 6) is 1.09. The number of nitrogens with one attached hydrogen (secondary N) is 1. The second kappa shape index (κ2) is 8.49. The molecule has 7 heteroatoms. The van der Waals surface area contributed by atoms with Crippen molar-refractivity contribution in [3.8, 4) is 17.0 Å². The Morgan fingerprint density at radius 3 is 2.86 bits per heavy atom. The summed E-state index contributed by atoms with van der Waals surface area (Å²) in [6, 6.07) is 9.96. The van der Waals surface area contributed by atoms with E-state index in [0.717, 1.165) is 47.2 Å².